The lowest BCUT2D eigenvalue weighted by Crippen LogP contribution is -2.50. The molecule has 0 bridgehead atoms. The van der Waals surface area contributed by atoms with Crippen LogP contribution in [-0.2, 0) is 28.6 Å². The molecule has 2 unspecified atom stereocenters. The van der Waals surface area contributed by atoms with Crippen molar-refractivity contribution in [3.05, 3.63) is 97.2 Å². The minimum atomic E-state index is -0.896. The number of ether oxygens (including phenoxy) is 3. The van der Waals surface area contributed by atoms with Gasteiger partial charge in [0.1, 0.15) is 6.61 Å². The maximum absolute atomic E-state index is 12.7. The Kier molecular flexibility index (Phi) is 36.5. The first-order valence-corrected chi connectivity index (χ1v) is 21.8. The number of quaternary nitrogens is 1. The summed E-state index contributed by atoms with van der Waals surface area (Å²) >= 11 is 0. The quantitative estimate of drug-likeness (QED) is 0.0289. The summed E-state index contributed by atoms with van der Waals surface area (Å²) in [5.74, 6) is -1.66. The maximum Gasteiger partial charge on any atom is 0.362 e. The molecule has 0 aromatic rings. The van der Waals surface area contributed by atoms with Gasteiger partial charge in [-0.3, -0.25) is 9.59 Å². The van der Waals surface area contributed by atoms with Gasteiger partial charge in [-0.2, -0.15) is 0 Å². The van der Waals surface area contributed by atoms with Crippen LogP contribution in [0.5, 0.6) is 0 Å². The predicted octanol–water partition coefficient (Wildman–Crippen LogP) is 11.9. The van der Waals surface area contributed by atoms with Crippen LogP contribution in [0, 0.1) is 0 Å². The topological polar surface area (TPSA) is 99.1 Å². The summed E-state index contributed by atoms with van der Waals surface area (Å²) in [5.41, 5.74) is 0. The monoisotopic (exact) mass is 795 g/mol. The van der Waals surface area contributed by atoms with Crippen molar-refractivity contribution in [1.82, 2.24) is 0 Å². The molecule has 0 aliphatic heterocycles. The van der Waals surface area contributed by atoms with Crippen LogP contribution in [-0.4, -0.2) is 80.6 Å². The molecule has 0 saturated carbocycles. The van der Waals surface area contributed by atoms with E-state index in [4.69, 9.17) is 14.2 Å². The van der Waals surface area contributed by atoms with E-state index in [9.17, 15) is 19.5 Å². The number of carboxylic acids is 1. The van der Waals surface area contributed by atoms with Crippen molar-refractivity contribution in [2.45, 2.75) is 154 Å². The van der Waals surface area contributed by atoms with E-state index in [1.165, 1.54) is 38.5 Å². The Labute approximate surface area is 347 Å². The summed E-state index contributed by atoms with van der Waals surface area (Å²) in [6.07, 6.45) is 51.9. The third-order valence-corrected chi connectivity index (χ3v) is 8.98. The number of esters is 2. The molecule has 0 radical (unpaired) electrons. The van der Waals surface area contributed by atoms with Crippen LogP contribution in [0.3, 0.4) is 0 Å². The van der Waals surface area contributed by atoms with Gasteiger partial charge in [0.15, 0.2) is 12.1 Å². The van der Waals surface area contributed by atoms with Gasteiger partial charge in [0, 0.05) is 19.3 Å². The first kappa shape index (κ1) is 53.2. The van der Waals surface area contributed by atoms with Gasteiger partial charge >= 0.3 is 17.9 Å². The molecule has 0 amide bonds. The van der Waals surface area contributed by atoms with E-state index in [0.29, 0.717) is 19.3 Å². The summed E-state index contributed by atoms with van der Waals surface area (Å²) in [6.45, 7) is 4.45. The van der Waals surface area contributed by atoms with E-state index in [0.717, 1.165) is 57.8 Å². The molecule has 0 spiro atoms. The van der Waals surface area contributed by atoms with Crippen LogP contribution in [0.2, 0.25) is 0 Å². The fraction of sp³-hybridized carbons (Fsp3) is 0.612. The molecule has 0 aromatic carbocycles. The molecule has 0 aliphatic rings. The summed E-state index contributed by atoms with van der Waals surface area (Å²) in [5, 5.41) is 9.61. The summed E-state index contributed by atoms with van der Waals surface area (Å²) in [7, 11) is 5.47. The van der Waals surface area contributed by atoms with E-state index < -0.39 is 18.1 Å². The Bertz CT molecular complexity index is 1250. The second kappa shape index (κ2) is 39.1. The number of rotatable bonds is 37. The Morgan fingerprint density at radius 2 is 1.02 bits per heavy atom. The average molecular weight is 795 g/mol. The van der Waals surface area contributed by atoms with Crippen molar-refractivity contribution in [2.75, 3.05) is 41.0 Å². The molecule has 2 atom stereocenters. The van der Waals surface area contributed by atoms with Gasteiger partial charge in [0.2, 0.25) is 0 Å². The lowest BCUT2D eigenvalue weighted by molar-refractivity contribution is -0.887. The summed E-state index contributed by atoms with van der Waals surface area (Å²) in [4.78, 5) is 36.9. The van der Waals surface area contributed by atoms with Crippen LogP contribution in [0.4, 0.5) is 0 Å². The van der Waals surface area contributed by atoms with Crippen LogP contribution >= 0.6 is 0 Å². The number of carbonyl (C=O) groups excluding carboxylic acids is 2. The second-order valence-electron chi connectivity index (χ2n) is 15.2. The number of nitrogens with zero attached hydrogens (tertiary/aromatic N) is 1. The number of allylic oxidation sites excluding steroid dienone is 16. The van der Waals surface area contributed by atoms with Gasteiger partial charge in [-0.05, 0) is 77.0 Å². The Morgan fingerprint density at radius 3 is 1.53 bits per heavy atom. The molecule has 0 aromatic heterocycles. The molecule has 8 nitrogen and oxygen atoms in total. The lowest BCUT2D eigenvalue weighted by Gasteiger charge is -2.31. The molecule has 0 saturated heterocycles. The van der Waals surface area contributed by atoms with Crippen LogP contribution < -0.4 is 0 Å². The second-order valence-corrected chi connectivity index (χ2v) is 15.2. The Morgan fingerprint density at radius 1 is 0.544 bits per heavy atom. The third kappa shape index (κ3) is 37.6. The molecule has 8 heteroatoms. The van der Waals surface area contributed by atoms with E-state index >= 15 is 0 Å². The highest BCUT2D eigenvalue weighted by Crippen LogP contribution is 2.11. The van der Waals surface area contributed by atoms with Gasteiger partial charge in [-0.1, -0.05) is 143 Å². The SMILES string of the molecule is CC/C=C/C/C=C/C/C=C/C/C=C/C/C=C/CCC(=O)OCC(COCCC(C(=O)O)[N+](C)(C)C)OC(=O)CCC/C=C/C/C=C/C/C=C/CCCCCCCC. The number of carbonyl (C=O) groups is 3. The molecular formula is C49H80NO7+. The number of hydrogen-bond acceptors (Lipinski definition) is 6. The predicted molar refractivity (Wildman–Crippen MR) is 238 cm³/mol. The molecule has 0 rings (SSSR count). The van der Waals surface area contributed by atoms with Crippen molar-refractivity contribution >= 4 is 17.9 Å². The highest BCUT2D eigenvalue weighted by molar-refractivity contribution is 5.72. The maximum atomic E-state index is 12.7. The first-order chi connectivity index (χ1) is 27.6. The minimum absolute atomic E-state index is 0.0117. The number of likely N-dealkylation sites (N-methyl/N-ethyl adjacent to an activating group) is 1. The summed E-state index contributed by atoms with van der Waals surface area (Å²) in [6, 6.07) is -0.639. The Hall–Kier alpha value is -3.75. The molecular weight excluding hydrogens is 715 g/mol. The number of hydrogen-bond donors (Lipinski definition) is 1. The van der Waals surface area contributed by atoms with Gasteiger partial charge < -0.3 is 23.8 Å². The van der Waals surface area contributed by atoms with Crippen molar-refractivity contribution in [3.8, 4) is 0 Å². The highest BCUT2D eigenvalue weighted by atomic mass is 16.6. The third-order valence-electron chi connectivity index (χ3n) is 8.98. The zero-order chi connectivity index (χ0) is 42.1. The van der Waals surface area contributed by atoms with Crippen molar-refractivity contribution in [1.29, 1.82) is 0 Å². The number of aliphatic carboxylic acids is 1. The van der Waals surface area contributed by atoms with Gasteiger partial charge in [-0.25, -0.2) is 4.79 Å². The highest BCUT2D eigenvalue weighted by Gasteiger charge is 2.31. The normalized spacial score (nSPS) is 13.9. The van der Waals surface area contributed by atoms with Crippen LogP contribution in [0.15, 0.2) is 97.2 Å². The van der Waals surface area contributed by atoms with Gasteiger partial charge in [-0.15, -0.1) is 0 Å². The zero-order valence-electron chi connectivity index (χ0n) is 36.5. The van der Waals surface area contributed by atoms with E-state index in [1.807, 2.05) is 33.3 Å². The van der Waals surface area contributed by atoms with Crippen molar-refractivity contribution in [2.24, 2.45) is 0 Å². The van der Waals surface area contributed by atoms with Gasteiger partial charge in [0.25, 0.3) is 0 Å². The van der Waals surface area contributed by atoms with Crippen LogP contribution in [0.1, 0.15) is 142 Å². The fourth-order valence-corrected chi connectivity index (χ4v) is 5.63. The Balaban J connectivity index is 4.58. The minimum Gasteiger partial charge on any atom is -0.477 e. The first-order valence-electron chi connectivity index (χ1n) is 21.8. The largest absolute Gasteiger partial charge is 0.477 e. The van der Waals surface area contributed by atoms with Crippen molar-refractivity contribution < 1.29 is 38.2 Å². The molecule has 0 heterocycles. The van der Waals surface area contributed by atoms with E-state index in [-0.39, 0.29) is 49.1 Å². The van der Waals surface area contributed by atoms with E-state index in [2.05, 4.69) is 98.9 Å². The zero-order valence-corrected chi connectivity index (χ0v) is 36.5. The van der Waals surface area contributed by atoms with Crippen LogP contribution in [0.25, 0.3) is 0 Å². The molecule has 322 valence electrons. The van der Waals surface area contributed by atoms with E-state index in [1.54, 1.807) is 0 Å². The standard InChI is InChI=1S/C49H79NO7/c1-6-8-10-12-14-16-18-20-22-24-26-28-30-32-34-36-38-40-48(52)57-45(43-55-42-41-46(49(53)54)50(3,4)5)44-56-47(51)39-37-35-33-31-29-27-25-23-21-19-17-15-13-11-9-7-2/h9,11,15,17,20-23,26-29,32-35,45-46H,6-8,10,12-14,16,18-19,24-25,30-31,36-44H2,1-5H3/p+1/b11-9+,17-15+,22-20+,23-21+,28-26+,29-27+,34-32+,35-33+. The van der Waals surface area contributed by atoms with Gasteiger partial charge in [0.05, 0.1) is 34.4 Å². The average Bonchev–Trinajstić information content (AvgIpc) is 3.17. The number of carboxylic acid groups (broad SMARTS) is 1. The smallest absolute Gasteiger partial charge is 0.362 e. The molecule has 57 heavy (non-hydrogen) atoms. The molecule has 1 N–H and O–H groups in total. The number of unbranched alkanes of at least 4 members (excludes halogenated alkanes) is 7. The fourth-order valence-electron chi connectivity index (χ4n) is 5.63. The summed E-state index contributed by atoms with van der Waals surface area (Å²) < 4.78 is 17.1. The van der Waals surface area contributed by atoms with Crippen molar-refractivity contribution in [3.63, 3.8) is 0 Å². The molecule has 0 aliphatic carbocycles. The molecule has 0 fully saturated rings. The lowest BCUT2D eigenvalue weighted by atomic mass is 10.1.